The molecule has 0 aliphatic heterocycles. The lowest BCUT2D eigenvalue weighted by molar-refractivity contribution is -0.870. The molecule has 78 heavy (non-hydrogen) atoms. The highest BCUT2D eigenvalue weighted by Crippen LogP contribution is 2.43. The summed E-state index contributed by atoms with van der Waals surface area (Å²) in [6, 6.07) is -0.858. The third-order valence-electron chi connectivity index (χ3n) is 14.1. The van der Waals surface area contributed by atoms with Crippen LogP contribution in [0.15, 0.2) is 85.1 Å². The van der Waals surface area contributed by atoms with E-state index in [4.69, 9.17) is 13.8 Å². The number of quaternary nitrogens is 1. The van der Waals surface area contributed by atoms with E-state index in [1.165, 1.54) is 128 Å². The second-order valence-electron chi connectivity index (χ2n) is 22.9. The third-order valence-corrected chi connectivity index (χ3v) is 15.1. The first-order valence-corrected chi connectivity index (χ1v) is 33.9. The van der Waals surface area contributed by atoms with E-state index in [0.717, 1.165) is 122 Å². The van der Waals surface area contributed by atoms with Gasteiger partial charge in [0.1, 0.15) is 19.3 Å². The smallest absolute Gasteiger partial charge is 0.456 e. The van der Waals surface area contributed by atoms with Gasteiger partial charge in [0.15, 0.2) is 0 Å². The molecule has 0 bridgehead atoms. The lowest BCUT2D eigenvalue weighted by atomic mass is 10.0. The van der Waals surface area contributed by atoms with Gasteiger partial charge >= 0.3 is 13.8 Å². The quantitative estimate of drug-likeness (QED) is 0.0205. The predicted octanol–water partition coefficient (Wildman–Crippen LogP) is 20.2. The van der Waals surface area contributed by atoms with Gasteiger partial charge in [-0.05, 0) is 83.1 Å². The van der Waals surface area contributed by atoms with Crippen molar-refractivity contribution >= 4 is 19.7 Å². The van der Waals surface area contributed by atoms with E-state index in [0.29, 0.717) is 17.4 Å². The Balaban J connectivity index is 5.21. The summed E-state index contributed by atoms with van der Waals surface area (Å²) >= 11 is 0. The zero-order chi connectivity index (χ0) is 57.2. The van der Waals surface area contributed by atoms with Crippen molar-refractivity contribution < 1.29 is 37.3 Å². The van der Waals surface area contributed by atoms with Crippen molar-refractivity contribution in [2.75, 3.05) is 40.9 Å². The minimum atomic E-state index is -4.46. The Morgan fingerprint density at radius 1 is 0.462 bits per heavy atom. The first-order valence-electron chi connectivity index (χ1n) is 32.4. The van der Waals surface area contributed by atoms with Gasteiger partial charge in [-0.25, -0.2) is 4.57 Å². The Hall–Kier alpha value is -2.81. The maximum atomic E-state index is 13.6. The summed E-state index contributed by atoms with van der Waals surface area (Å²) in [4.78, 5) is 37.8. The van der Waals surface area contributed by atoms with Crippen LogP contribution in [0.2, 0.25) is 0 Å². The number of unbranched alkanes of at least 4 members (excludes halogenated alkanes) is 30. The summed E-state index contributed by atoms with van der Waals surface area (Å²) in [5, 5.41) is 3.06. The number of hydrogen-bond acceptors (Lipinski definition) is 6. The van der Waals surface area contributed by atoms with E-state index in [9.17, 15) is 19.0 Å². The number of carbonyl (C=O) groups excluding carboxylic acids is 2. The lowest BCUT2D eigenvalue weighted by Gasteiger charge is -2.27. The maximum absolute atomic E-state index is 13.6. The number of nitrogens with zero attached hydrogens (tertiary/aromatic N) is 1. The fourth-order valence-electron chi connectivity index (χ4n) is 9.12. The first kappa shape index (κ1) is 75.2. The van der Waals surface area contributed by atoms with E-state index in [1.54, 1.807) is 0 Å². The minimum Gasteiger partial charge on any atom is -0.456 e. The van der Waals surface area contributed by atoms with E-state index >= 15 is 0 Å². The minimum absolute atomic E-state index is 0.0350. The molecule has 3 unspecified atom stereocenters. The topological polar surface area (TPSA) is 111 Å². The van der Waals surface area contributed by atoms with Crippen LogP contribution in [0.4, 0.5) is 0 Å². The molecule has 9 nitrogen and oxygen atoms in total. The Labute approximate surface area is 482 Å². The van der Waals surface area contributed by atoms with Crippen molar-refractivity contribution in [2.24, 2.45) is 0 Å². The number of nitrogens with one attached hydrogen (secondary N) is 1. The number of allylic oxidation sites excluding steroid dienone is 13. The van der Waals surface area contributed by atoms with E-state index in [1.807, 2.05) is 33.3 Å². The molecular weight excluding hydrogens is 988 g/mol. The molecule has 1 amide bonds. The number of rotatable bonds is 58. The van der Waals surface area contributed by atoms with Crippen LogP contribution in [0.1, 0.15) is 284 Å². The average molecular weight is 1110 g/mol. The fraction of sp³-hybridized carbons (Fsp3) is 0.765. The molecule has 0 heterocycles. The van der Waals surface area contributed by atoms with E-state index in [2.05, 4.69) is 99.0 Å². The Bertz CT molecular complexity index is 1610. The SMILES string of the molecule is CC/C=C\C/C=C\C/C=C\C/C=C\C/C=C\C/C=C\CCCCCCCCC(=O)NC(COP(=O)(O)OCC[N+](C)(C)C)C(/C=C\CCCCCCCCCCCCC)OC(=O)CCCCCCCCCCCCCCCC. The number of phosphoric ester groups is 1. The van der Waals surface area contributed by atoms with Crippen molar-refractivity contribution in [3.05, 3.63) is 85.1 Å². The van der Waals surface area contributed by atoms with Gasteiger partial charge in [-0.3, -0.25) is 18.6 Å². The van der Waals surface area contributed by atoms with Gasteiger partial charge in [0.25, 0.3) is 0 Å². The lowest BCUT2D eigenvalue weighted by Crippen LogP contribution is -2.47. The highest BCUT2D eigenvalue weighted by molar-refractivity contribution is 7.47. The molecule has 2 N–H and O–H groups in total. The van der Waals surface area contributed by atoms with Crippen molar-refractivity contribution in [1.82, 2.24) is 5.32 Å². The number of esters is 1. The number of phosphoric acid groups is 1. The van der Waals surface area contributed by atoms with Gasteiger partial charge in [0, 0.05) is 12.8 Å². The molecular formula is C68H124N2O7P+. The van der Waals surface area contributed by atoms with Crippen molar-refractivity contribution in [3.8, 4) is 0 Å². The molecule has 0 saturated heterocycles. The van der Waals surface area contributed by atoms with Crippen LogP contribution in [0, 0.1) is 0 Å². The van der Waals surface area contributed by atoms with Crippen LogP contribution in [0.25, 0.3) is 0 Å². The van der Waals surface area contributed by atoms with Gasteiger partial charge in [-0.1, -0.05) is 273 Å². The van der Waals surface area contributed by atoms with Crippen LogP contribution < -0.4 is 5.32 Å². The standard InChI is InChI=1S/C68H123N2O7P/c1-7-10-13-16-19-22-25-28-30-31-32-33-34-35-36-37-38-39-40-42-45-48-51-54-57-60-67(71)69-65(64-76-78(73,74)75-63-62-70(4,5)6)66(59-56-53-50-47-44-41-27-24-21-18-15-12-9-3)77-68(72)61-58-55-52-49-46-43-29-26-23-20-17-14-11-8-2/h10,13,19,22,28,30,32-33,35-36,38-39,56,59,65-66H,7-9,11-12,14-18,20-21,23-27,29,31,34,37,40-55,57-58,60-64H2,1-6H3,(H-,69,71,73,74)/p+1/b13-10-,22-19-,30-28-,33-32-,36-35-,39-38-,59-56-. The van der Waals surface area contributed by atoms with Crippen LogP contribution in [-0.4, -0.2) is 74.3 Å². The largest absolute Gasteiger partial charge is 0.472 e. The number of amides is 1. The van der Waals surface area contributed by atoms with Gasteiger partial charge in [0.05, 0.1) is 33.8 Å². The maximum Gasteiger partial charge on any atom is 0.472 e. The number of ether oxygens (including phenoxy) is 1. The summed E-state index contributed by atoms with van der Waals surface area (Å²) in [7, 11) is 1.48. The molecule has 0 rings (SSSR count). The highest BCUT2D eigenvalue weighted by Gasteiger charge is 2.30. The number of hydrogen-bond donors (Lipinski definition) is 2. The summed E-state index contributed by atoms with van der Waals surface area (Å²) < 4.78 is 30.7. The first-order chi connectivity index (χ1) is 37.9. The highest BCUT2D eigenvalue weighted by atomic mass is 31.2. The predicted molar refractivity (Wildman–Crippen MR) is 337 cm³/mol. The van der Waals surface area contributed by atoms with Crippen LogP contribution in [0.5, 0.6) is 0 Å². The molecule has 0 aliphatic rings. The second kappa shape index (κ2) is 57.4. The zero-order valence-electron chi connectivity index (χ0n) is 51.6. The molecule has 0 fully saturated rings. The van der Waals surface area contributed by atoms with E-state index < -0.39 is 20.0 Å². The molecule has 0 saturated carbocycles. The van der Waals surface area contributed by atoms with Gasteiger partial charge in [0.2, 0.25) is 5.91 Å². The average Bonchev–Trinajstić information content (AvgIpc) is 3.40. The monoisotopic (exact) mass is 1110 g/mol. The summed E-state index contributed by atoms with van der Waals surface area (Å²) in [5.74, 6) is -0.517. The van der Waals surface area contributed by atoms with Crippen LogP contribution in [-0.2, 0) is 27.9 Å². The molecule has 0 aromatic rings. The normalized spacial score (nSPS) is 14.2. The van der Waals surface area contributed by atoms with Crippen molar-refractivity contribution in [3.63, 3.8) is 0 Å². The van der Waals surface area contributed by atoms with Crippen molar-refractivity contribution in [2.45, 2.75) is 296 Å². The molecule has 0 spiro atoms. The number of likely N-dealkylation sites (N-methyl/N-ethyl adjacent to an activating group) is 1. The van der Waals surface area contributed by atoms with E-state index in [-0.39, 0.29) is 31.5 Å². The summed E-state index contributed by atoms with van der Waals surface area (Å²) in [6.07, 6.45) is 75.8. The molecule has 3 atom stereocenters. The van der Waals surface area contributed by atoms with Gasteiger partial charge in [-0.15, -0.1) is 0 Å². The van der Waals surface area contributed by atoms with Crippen LogP contribution in [0.3, 0.4) is 0 Å². The third kappa shape index (κ3) is 57.9. The molecule has 452 valence electrons. The Morgan fingerprint density at radius 3 is 1.23 bits per heavy atom. The van der Waals surface area contributed by atoms with Crippen molar-refractivity contribution in [1.29, 1.82) is 0 Å². The molecule has 0 aromatic heterocycles. The fourth-order valence-corrected chi connectivity index (χ4v) is 9.86. The molecule has 0 radical (unpaired) electrons. The van der Waals surface area contributed by atoms with Crippen LogP contribution >= 0.6 is 7.82 Å². The summed E-state index contributed by atoms with van der Waals surface area (Å²) in [6.45, 7) is 6.90. The number of carbonyl (C=O) groups is 2. The molecule has 0 aromatic carbocycles. The Kier molecular flexibility index (Phi) is 55.4. The molecule has 0 aliphatic carbocycles. The summed E-state index contributed by atoms with van der Waals surface area (Å²) in [5.41, 5.74) is 0. The molecule has 10 heteroatoms. The Morgan fingerprint density at radius 2 is 0.821 bits per heavy atom. The van der Waals surface area contributed by atoms with Gasteiger partial charge in [-0.2, -0.15) is 0 Å². The van der Waals surface area contributed by atoms with Gasteiger partial charge < -0.3 is 19.4 Å². The zero-order valence-corrected chi connectivity index (χ0v) is 52.5. The second-order valence-corrected chi connectivity index (χ2v) is 24.4.